The molecule has 2 heterocycles. The summed E-state index contributed by atoms with van der Waals surface area (Å²) in [6.45, 7) is 2.39. The van der Waals surface area contributed by atoms with Crippen LogP contribution in [0.3, 0.4) is 0 Å². The molecule has 0 bridgehead atoms. The monoisotopic (exact) mass is 460 g/mol. The summed E-state index contributed by atoms with van der Waals surface area (Å²) in [5.74, 6) is 0.479. The van der Waals surface area contributed by atoms with Gasteiger partial charge in [-0.05, 0) is 42.0 Å². The van der Waals surface area contributed by atoms with Crippen LogP contribution in [0.25, 0.3) is 0 Å². The van der Waals surface area contributed by atoms with E-state index in [1.54, 1.807) is 24.1 Å². The number of sulfonamides is 1. The third-order valence-corrected chi connectivity index (χ3v) is 7.99. The number of amides is 1. The van der Waals surface area contributed by atoms with Gasteiger partial charge in [-0.25, -0.2) is 8.42 Å². The van der Waals surface area contributed by atoms with Gasteiger partial charge in [0, 0.05) is 32.1 Å². The Labute approximate surface area is 188 Å². The minimum Gasteiger partial charge on any atom is -0.497 e. The molecule has 32 heavy (non-hydrogen) atoms. The Kier molecular flexibility index (Phi) is 6.68. The predicted molar refractivity (Wildman–Crippen MR) is 118 cm³/mol. The second kappa shape index (κ2) is 9.48. The van der Waals surface area contributed by atoms with Gasteiger partial charge in [0.25, 0.3) is 0 Å². The highest BCUT2D eigenvalue weighted by molar-refractivity contribution is 7.89. The van der Waals surface area contributed by atoms with Gasteiger partial charge in [0.15, 0.2) is 0 Å². The van der Waals surface area contributed by atoms with E-state index < -0.39 is 15.9 Å². The van der Waals surface area contributed by atoms with E-state index in [2.05, 4.69) is 0 Å². The summed E-state index contributed by atoms with van der Waals surface area (Å²) in [6.07, 6.45) is 0. The van der Waals surface area contributed by atoms with Gasteiger partial charge < -0.3 is 19.1 Å². The van der Waals surface area contributed by atoms with Crippen LogP contribution < -0.4 is 9.47 Å². The quantitative estimate of drug-likeness (QED) is 0.655. The normalized spacial score (nSPS) is 22.0. The molecule has 0 aliphatic carbocycles. The SMILES string of the molecule is COc1ccc(S(=O)(=O)N2C[C@H](C(=O)N3CCOCC3)[C@@H](c3cccc(OC)c3)C2)cc1. The lowest BCUT2D eigenvalue weighted by molar-refractivity contribution is -0.139. The van der Waals surface area contributed by atoms with Gasteiger partial charge >= 0.3 is 0 Å². The molecule has 1 amide bonds. The Bertz CT molecular complexity index is 1050. The van der Waals surface area contributed by atoms with Gasteiger partial charge in [-0.1, -0.05) is 12.1 Å². The first-order valence-electron chi connectivity index (χ1n) is 10.6. The van der Waals surface area contributed by atoms with Crippen LogP contribution in [-0.4, -0.2) is 77.1 Å². The molecule has 2 fully saturated rings. The lowest BCUT2D eigenvalue weighted by Crippen LogP contribution is -2.45. The topological polar surface area (TPSA) is 85.4 Å². The number of hydrogen-bond donors (Lipinski definition) is 0. The average Bonchev–Trinajstić information content (AvgIpc) is 3.30. The molecule has 2 aromatic carbocycles. The molecule has 2 aliphatic heterocycles. The van der Waals surface area contributed by atoms with Gasteiger partial charge in [0.05, 0.1) is 38.2 Å². The second-order valence-corrected chi connectivity index (χ2v) is 9.86. The zero-order chi connectivity index (χ0) is 22.7. The molecule has 0 N–H and O–H groups in total. The maximum atomic E-state index is 13.4. The number of carbonyl (C=O) groups is 1. The van der Waals surface area contributed by atoms with Gasteiger partial charge in [0.2, 0.25) is 15.9 Å². The smallest absolute Gasteiger partial charge is 0.243 e. The molecule has 2 saturated heterocycles. The van der Waals surface area contributed by atoms with Gasteiger partial charge in [-0.2, -0.15) is 4.31 Å². The van der Waals surface area contributed by atoms with E-state index >= 15 is 0 Å². The number of carbonyl (C=O) groups excluding carboxylic acids is 1. The minimum absolute atomic E-state index is 0.0337. The number of hydrogen-bond acceptors (Lipinski definition) is 6. The summed E-state index contributed by atoms with van der Waals surface area (Å²) < 4.78 is 44.1. The van der Waals surface area contributed by atoms with E-state index in [0.29, 0.717) is 37.8 Å². The molecule has 172 valence electrons. The zero-order valence-electron chi connectivity index (χ0n) is 18.3. The highest BCUT2D eigenvalue weighted by atomic mass is 32.2. The van der Waals surface area contributed by atoms with Crippen LogP contribution in [0.5, 0.6) is 11.5 Å². The number of benzene rings is 2. The molecule has 4 rings (SSSR count). The summed E-state index contributed by atoms with van der Waals surface area (Å²) in [5.41, 5.74) is 0.892. The van der Waals surface area contributed by atoms with E-state index in [-0.39, 0.29) is 29.8 Å². The first-order valence-corrected chi connectivity index (χ1v) is 12.0. The average molecular weight is 461 g/mol. The summed E-state index contributed by atoms with van der Waals surface area (Å²) >= 11 is 0. The molecule has 9 heteroatoms. The van der Waals surface area contributed by atoms with Crippen molar-refractivity contribution in [1.82, 2.24) is 9.21 Å². The second-order valence-electron chi connectivity index (χ2n) is 7.92. The summed E-state index contributed by atoms with van der Waals surface area (Å²) in [6, 6.07) is 13.8. The first-order chi connectivity index (χ1) is 15.4. The van der Waals surface area contributed by atoms with E-state index in [9.17, 15) is 13.2 Å². The summed E-state index contributed by atoms with van der Waals surface area (Å²) in [7, 11) is -0.646. The van der Waals surface area contributed by atoms with Crippen LogP contribution in [0, 0.1) is 5.92 Å². The number of methoxy groups -OCH3 is 2. The Morgan fingerprint density at radius 1 is 0.969 bits per heavy atom. The van der Waals surface area contributed by atoms with Crippen molar-refractivity contribution in [2.45, 2.75) is 10.8 Å². The Morgan fingerprint density at radius 3 is 2.31 bits per heavy atom. The van der Waals surface area contributed by atoms with Crippen LogP contribution in [0.2, 0.25) is 0 Å². The summed E-state index contributed by atoms with van der Waals surface area (Å²) in [5, 5.41) is 0. The molecule has 0 radical (unpaired) electrons. The lowest BCUT2D eigenvalue weighted by atomic mass is 9.87. The Hall–Kier alpha value is -2.62. The first kappa shape index (κ1) is 22.6. The molecule has 0 aromatic heterocycles. The number of morpholine rings is 1. The Morgan fingerprint density at radius 2 is 1.66 bits per heavy atom. The van der Waals surface area contributed by atoms with Crippen molar-refractivity contribution in [3.63, 3.8) is 0 Å². The minimum atomic E-state index is -3.77. The fourth-order valence-corrected chi connectivity index (χ4v) is 5.83. The number of ether oxygens (including phenoxy) is 3. The molecule has 2 atom stereocenters. The highest BCUT2D eigenvalue weighted by Crippen LogP contribution is 2.38. The number of nitrogens with zero attached hydrogens (tertiary/aromatic N) is 2. The van der Waals surface area contributed by atoms with Crippen molar-refractivity contribution >= 4 is 15.9 Å². The van der Waals surface area contributed by atoms with Gasteiger partial charge in [0.1, 0.15) is 11.5 Å². The molecule has 2 aliphatic rings. The van der Waals surface area contributed by atoms with E-state index in [1.807, 2.05) is 24.3 Å². The molecule has 0 unspecified atom stereocenters. The van der Waals surface area contributed by atoms with Crippen LogP contribution in [0.1, 0.15) is 11.5 Å². The van der Waals surface area contributed by atoms with Crippen molar-refractivity contribution in [3.05, 3.63) is 54.1 Å². The maximum absolute atomic E-state index is 13.4. The molecule has 2 aromatic rings. The number of rotatable bonds is 6. The van der Waals surface area contributed by atoms with Crippen molar-refractivity contribution in [1.29, 1.82) is 0 Å². The molecule has 8 nitrogen and oxygen atoms in total. The van der Waals surface area contributed by atoms with Crippen molar-refractivity contribution in [2.75, 3.05) is 53.6 Å². The van der Waals surface area contributed by atoms with Crippen LogP contribution >= 0.6 is 0 Å². The summed E-state index contributed by atoms with van der Waals surface area (Å²) in [4.78, 5) is 15.4. The highest BCUT2D eigenvalue weighted by Gasteiger charge is 2.45. The molecular weight excluding hydrogens is 432 g/mol. The van der Waals surface area contributed by atoms with E-state index in [1.165, 1.54) is 23.5 Å². The van der Waals surface area contributed by atoms with E-state index in [4.69, 9.17) is 14.2 Å². The standard InChI is InChI=1S/C23H28N2O6S/c1-29-18-6-8-20(9-7-18)32(27,28)25-15-21(17-4-3-5-19(14-17)30-2)22(16-25)23(26)24-10-12-31-13-11-24/h3-9,14,21-22H,10-13,15-16H2,1-2H3/t21-,22+/m1/s1. The van der Waals surface area contributed by atoms with Crippen LogP contribution in [0.15, 0.2) is 53.4 Å². The van der Waals surface area contributed by atoms with Crippen LogP contribution in [-0.2, 0) is 19.6 Å². The van der Waals surface area contributed by atoms with Gasteiger partial charge in [-0.15, -0.1) is 0 Å². The Balaban J connectivity index is 1.65. The van der Waals surface area contributed by atoms with Crippen LogP contribution in [0.4, 0.5) is 0 Å². The van der Waals surface area contributed by atoms with Crippen molar-refractivity contribution < 1.29 is 27.4 Å². The fourth-order valence-electron chi connectivity index (χ4n) is 4.34. The zero-order valence-corrected chi connectivity index (χ0v) is 19.1. The fraction of sp³-hybridized carbons (Fsp3) is 0.435. The predicted octanol–water partition coefficient (Wildman–Crippen LogP) is 1.97. The third-order valence-electron chi connectivity index (χ3n) is 6.15. The largest absolute Gasteiger partial charge is 0.497 e. The molecule has 0 saturated carbocycles. The van der Waals surface area contributed by atoms with E-state index in [0.717, 1.165) is 5.56 Å². The molecular formula is C23H28N2O6S. The van der Waals surface area contributed by atoms with Crippen molar-refractivity contribution in [2.24, 2.45) is 5.92 Å². The maximum Gasteiger partial charge on any atom is 0.243 e. The molecule has 0 spiro atoms. The van der Waals surface area contributed by atoms with Gasteiger partial charge in [-0.3, -0.25) is 4.79 Å². The van der Waals surface area contributed by atoms with Crippen molar-refractivity contribution in [3.8, 4) is 11.5 Å². The lowest BCUT2D eigenvalue weighted by Gasteiger charge is -2.31. The third kappa shape index (κ3) is 4.46.